The maximum atomic E-state index is 11.9. The highest BCUT2D eigenvalue weighted by molar-refractivity contribution is 9.10. The zero-order valence-corrected chi connectivity index (χ0v) is 10.9. The van der Waals surface area contributed by atoms with E-state index in [0.29, 0.717) is 26.6 Å². The van der Waals surface area contributed by atoms with Gasteiger partial charge in [-0.05, 0) is 40.2 Å². The molecule has 1 heterocycles. The van der Waals surface area contributed by atoms with E-state index in [9.17, 15) is 4.79 Å². The molecule has 2 rings (SSSR count). The summed E-state index contributed by atoms with van der Waals surface area (Å²) < 4.78 is 5.35. The van der Waals surface area contributed by atoms with Gasteiger partial charge in [0.15, 0.2) is 4.67 Å². The van der Waals surface area contributed by atoms with Crippen LogP contribution in [0.15, 0.2) is 39.6 Å². The summed E-state index contributed by atoms with van der Waals surface area (Å²) in [6.45, 7) is 0. The Morgan fingerprint density at radius 1 is 1.41 bits per heavy atom. The molecule has 88 valence electrons. The van der Waals surface area contributed by atoms with E-state index < -0.39 is 0 Å². The summed E-state index contributed by atoms with van der Waals surface area (Å²) in [7, 11) is 0. The molecule has 0 bridgehead atoms. The van der Waals surface area contributed by atoms with Crippen molar-refractivity contribution in [2.75, 3.05) is 11.1 Å². The van der Waals surface area contributed by atoms with Crippen LogP contribution in [0.2, 0.25) is 5.02 Å². The Morgan fingerprint density at radius 3 is 2.82 bits per heavy atom. The minimum Gasteiger partial charge on any atom is -0.457 e. The fourth-order valence-corrected chi connectivity index (χ4v) is 1.87. The first-order valence-electron chi connectivity index (χ1n) is 4.67. The molecule has 0 fully saturated rings. The highest BCUT2D eigenvalue weighted by atomic mass is 79.9. The SMILES string of the molecule is Nc1ccc(Cl)c(NC(=O)c2ccoc2Br)c1. The van der Waals surface area contributed by atoms with Gasteiger partial charge in [-0.2, -0.15) is 0 Å². The van der Waals surface area contributed by atoms with Crippen molar-refractivity contribution in [3.63, 3.8) is 0 Å². The molecule has 1 amide bonds. The zero-order chi connectivity index (χ0) is 12.4. The molecule has 0 aliphatic rings. The number of anilines is 2. The van der Waals surface area contributed by atoms with Gasteiger partial charge in [0.05, 0.1) is 22.5 Å². The van der Waals surface area contributed by atoms with Crippen molar-refractivity contribution in [1.82, 2.24) is 0 Å². The van der Waals surface area contributed by atoms with Crippen LogP contribution in [0.25, 0.3) is 0 Å². The average molecular weight is 316 g/mol. The summed E-state index contributed by atoms with van der Waals surface area (Å²) in [5.74, 6) is -0.321. The molecule has 0 aliphatic heterocycles. The fourth-order valence-electron chi connectivity index (χ4n) is 1.28. The predicted octanol–water partition coefficient (Wildman–Crippen LogP) is 3.53. The third kappa shape index (κ3) is 2.62. The molecule has 0 saturated carbocycles. The van der Waals surface area contributed by atoms with Gasteiger partial charge in [-0.25, -0.2) is 0 Å². The van der Waals surface area contributed by atoms with Crippen molar-refractivity contribution < 1.29 is 9.21 Å². The van der Waals surface area contributed by atoms with Gasteiger partial charge in [-0.15, -0.1) is 0 Å². The molecular weight excluding hydrogens is 307 g/mol. The van der Waals surface area contributed by atoms with Crippen LogP contribution in [-0.4, -0.2) is 5.91 Å². The van der Waals surface area contributed by atoms with E-state index in [4.69, 9.17) is 21.8 Å². The minimum atomic E-state index is -0.321. The largest absolute Gasteiger partial charge is 0.457 e. The zero-order valence-electron chi connectivity index (χ0n) is 8.54. The summed E-state index contributed by atoms with van der Waals surface area (Å²) in [6.07, 6.45) is 1.42. The number of carbonyl (C=O) groups excluding carboxylic acids is 1. The van der Waals surface area contributed by atoms with Crippen molar-refractivity contribution in [3.8, 4) is 0 Å². The number of nitrogen functional groups attached to an aromatic ring is 1. The number of nitrogens with two attached hydrogens (primary N) is 1. The van der Waals surface area contributed by atoms with Crippen LogP contribution in [0, 0.1) is 0 Å². The van der Waals surface area contributed by atoms with Crippen LogP contribution in [0.4, 0.5) is 11.4 Å². The van der Waals surface area contributed by atoms with Gasteiger partial charge in [0.25, 0.3) is 5.91 Å². The molecule has 4 nitrogen and oxygen atoms in total. The standard InChI is InChI=1S/C11H8BrClN2O2/c12-10-7(3-4-17-10)11(16)15-9-5-6(14)1-2-8(9)13/h1-5H,14H2,(H,15,16). The van der Waals surface area contributed by atoms with E-state index in [-0.39, 0.29) is 5.91 Å². The number of rotatable bonds is 2. The van der Waals surface area contributed by atoms with Crippen LogP contribution < -0.4 is 11.1 Å². The number of hydrogen-bond acceptors (Lipinski definition) is 3. The quantitative estimate of drug-likeness (QED) is 0.833. The first kappa shape index (κ1) is 12.0. The van der Waals surface area contributed by atoms with Gasteiger partial charge >= 0.3 is 0 Å². The number of hydrogen-bond donors (Lipinski definition) is 2. The maximum absolute atomic E-state index is 11.9. The third-order valence-electron chi connectivity index (χ3n) is 2.10. The van der Waals surface area contributed by atoms with E-state index in [1.54, 1.807) is 24.3 Å². The second kappa shape index (κ2) is 4.81. The molecule has 0 aliphatic carbocycles. The summed E-state index contributed by atoms with van der Waals surface area (Å²) in [4.78, 5) is 11.9. The summed E-state index contributed by atoms with van der Waals surface area (Å²) in [5, 5.41) is 3.08. The Hall–Kier alpha value is -1.46. The highest BCUT2D eigenvalue weighted by Crippen LogP contribution is 2.26. The molecule has 0 spiro atoms. The molecule has 0 atom stereocenters. The lowest BCUT2D eigenvalue weighted by molar-refractivity contribution is 0.102. The monoisotopic (exact) mass is 314 g/mol. The minimum absolute atomic E-state index is 0.321. The second-order valence-corrected chi connectivity index (χ2v) is 4.43. The van der Waals surface area contributed by atoms with Crippen LogP contribution in [0.3, 0.4) is 0 Å². The van der Waals surface area contributed by atoms with Gasteiger partial charge in [0, 0.05) is 5.69 Å². The number of nitrogens with one attached hydrogen (secondary N) is 1. The molecule has 17 heavy (non-hydrogen) atoms. The van der Waals surface area contributed by atoms with Crippen molar-refractivity contribution in [2.45, 2.75) is 0 Å². The lowest BCUT2D eigenvalue weighted by Crippen LogP contribution is -2.12. The van der Waals surface area contributed by atoms with Crippen LogP contribution >= 0.6 is 27.5 Å². The maximum Gasteiger partial charge on any atom is 0.260 e. The predicted molar refractivity (Wildman–Crippen MR) is 70.2 cm³/mol. The number of halogens is 2. The Balaban J connectivity index is 2.24. The Kier molecular flexibility index (Phi) is 3.40. The smallest absolute Gasteiger partial charge is 0.260 e. The van der Waals surface area contributed by atoms with Gasteiger partial charge in [-0.3, -0.25) is 4.79 Å². The second-order valence-electron chi connectivity index (χ2n) is 3.30. The van der Waals surface area contributed by atoms with Gasteiger partial charge in [0.2, 0.25) is 0 Å². The third-order valence-corrected chi connectivity index (χ3v) is 3.04. The Labute approximate surface area is 111 Å². The average Bonchev–Trinajstić information content (AvgIpc) is 2.70. The van der Waals surface area contributed by atoms with Crippen molar-refractivity contribution in [3.05, 3.63) is 45.8 Å². The molecule has 0 unspecified atom stereocenters. The highest BCUT2D eigenvalue weighted by Gasteiger charge is 2.14. The normalized spacial score (nSPS) is 10.2. The van der Waals surface area contributed by atoms with Crippen molar-refractivity contribution in [2.24, 2.45) is 0 Å². The summed E-state index contributed by atoms with van der Waals surface area (Å²) in [5.41, 5.74) is 6.99. The molecule has 6 heteroatoms. The van der Waals surface area contributed by atoms with E-state index in [1.165, 1.54) is 6.26 Å². The molecule has 1 aromatic carbocycles. The molecule has 2 aromatic rings. The lowest BCUT2D eigenvalue weighted by Gasteiger charge is -2.07. The van der Waals surface area contributed by atoms with Gasteiger partial charge < -0.3 is 15.5 Å². The van der Waals surface area contributed by atoms with E-state index in [0.717, 1.165) is 0 Å². The van der Waals surface area contributed by atoms with Crippen LogP contribution in [0.5, 0.6) is 0 Å². The molecule has 0 radical (unpaired) electrons. The fraction of sp³-hybridized carbons (Fsp3) is 0. The first-order valence-corrected chi connectivity index (χ1v) is 5.84. The number of carbonyl (C=O) groups is 1. The first-order chi connectivity index (χ1) is 8.08. The van der Waals surface area contributed by atoms with E-state index in [2.05, 4.69) is 21.2 Å². The molecule has 0 saturated heterocycles. The Morgan fingerprint density at radius 2 is 2.18 bits per heavy atom. The summed E-state index contributed by atoms with van der Waals surface area (Å²) in [6, 6.07) is 6.43. The molecular formula is C11H8BrClN2O2. The number of benzene rings is 1. The van der Waals surface area contributed by atoms with Crippen molar-refractivity contribution in [1.29, 1.82) is 0 Å². The van der Waals surface area contributed by atoms with E-state index in [1.807, 2.05) is 0 Å². The van der Waals surface area contributed by atoms with Crippen LogP contribution in [-0.2, 0) is 0 Å². The van der Waals surface area contributed by atoms with Crippen molar-refractivity contribution >= 4 is 44.8 Å². The molecule has 3 N–H and O–H groups in total. The number of furan rings is 1. The number of amides is 1. The summed E-state index contributed by atoms with van der Waals surface area (Å²) >= 11 is 9.06. The lowest BCUT2D eigenvalue weighted by atomic mass is 10.2. The van der Waals surface area contributed by atoms with Gasteiger partial charge in [-0.1, -0.05) is 11.6 Å². The van der Waals surface area contributed by atoms with Crippen LogP contribution in [0.1, 0.15) is 10.4 Å². The Bertz CT molecular complexity index is 568. The van der Waals surface area contributed by atoms with Gasteiger partial charge in [0.1, 0.15) is 0 Å². The topological polar surface area (TPSA) is 68.3 Å². The molecule has 1 aromatic heterocycles. The van der Waals surface area contributed by atoms with E-state index >= 15 is 0 Å².